The molecule has 1 aromatic heterocycles. The van der Waals surface area contributed by atoms with E-state index >= 15 is 0 Å². The van der Waals surface area contributed by atoms with Gasteiger partial charge in [-0.1, -0.05) is 29.5 Å². The minimum atomic E-state index is -0.231. The average Bonchev–Trinajstić information content (AvgIpc) is 2.88. The lowest BCUT2D eigenvalue weighted by Crippen LogP contribution is -2.11. The van der Waals surface area contributed by atoms with Crippen molar-refractivity contribution in [1.82, 2.24) is 4.98 Å². The Bertz CT molecular complexity index is 866. The smallest absolute Gasteiger partial charge is 0.257 e. The van der Waals surface area contributed by atoms with Crippen molar-refractivity contribution in [2.75, 3.05) is 5.32 Å². The van der Waals surface area contributed by atoms with E-state index < -0.39 is 0 Å². The summed E-state index contributed by atoms with van der Waals surface area (Å²) in [5.74, 6) is -0.251. The highest BCUT2D eigenvalue weighted by molar-refractivity contribution is 7.22. The Labute approximate surface area is 131 Å². The summed E-state index contributed by atoms with van der Waals surface area (Å²) in [6.07, 6.45) is 0. The van der Waals surface area contributed by atoms with Gasteiger partial charge in [-0.25, -0.2) is 4.98 Å². The molecule has 0 bridgehead atoms. The largest absolute Gasteiger partial charge is 0.298 e. The molecule has 4 nitrogen and oxygen atoms in total. The van der Waals surface area contributed by atoms with Gasteiger partial charge >= 0.3 is 0 Å². The molecule has 0 radical (unpaired) electrons. The normalized spacial score (nSPS) is 10.6. The zero-order chi connectivity index (χ0) is 15.7. The fourth-order valence-corrected chi connectivity index (χ4v) is 3.07. The molecule has 0 aliphatic heterocycles. The number of aryl methyl sites for hydroxylation is 1. The number of hydrogen-bond donors (Lipinski definition) is 1. The van der Waals surface area contributed by atoms with Crippen LogP contribution in [0.4, 0.5) is 5.13 Å². The van der Waals surface area contributed by atoms with Crippen molar-refractivity contribution in [2.45, 2.75) is 13.8 Å². The number of anilines is 1. The lowest BCUT2D eigenvalue weighted by molar-refractivity contribution is 0.101. The highest BCUT2D eigenvalue weighted by Gasteiger charge is 2.10. The number of amides is 1. The number of hydrogen-bond acceptors (Lipinski definition) is 4. The first-order chi connectivity index (χ1) is 10.5. The van der Waals surface area contributed by atoms with E-state index in [0.717, 1.165) is 15.8 Å². The topological polar surface area (TPSA) is 59.1 Å². The zero-order valence-electron chi connectivity index (χ0n) is 12.2. The molecule has 0 saturated carbocycles. The monoisotopic (exact) mass is 310 g/mol. The third-order valence-corrected chi connectivity index (χ3v) is 4.25. The van der Waals surface area contributed by atoms with Crippen molar-refractivity contribution < 1.29 is 9.59 Å². The Hall–Kier alpha value is -2.53. The number of ketones is 1. The number of rotatable bonds is 3. The van der Waals surface area contributed by atoms with E-state index in [9.17, 15) is 9.59 Å². The molecule has 3 aromatic rings. The Morgan fingerprint density at radius 1 is 1.05 bits per heavy atom. The second-order valence-corrected chi connectivity index (χ2v) is 6.11. The quantitative estimate of drug-likeness (QED) is 0.742. The molecular formula is C17H14N2O2S. The minimum absolute atomic E-state index is 0.0199. The van der Waals surface area contributed by atoms with Gasteiger partial charge in [0.1, 0.15) is 0 Å². The van der Waals surface area contributed by atoms with Gasteiger partial charge in [0.15, 0.2) is 10.9 Å². The molecule has 1 N–H and O–H groups in total. The fraction of sp³-hybridized carbons (Fsp3) is 0.118. The third kappa shape index (κ3) is 2.89. The van der Waals surface area contributed by atoms with Crippen molar-refractivity contribution in [3.63, 3.8) is 0 Å². The Kier molecular flexibility index (Phi) is 3.73. The summed E-state index contributed by atoms with van der Waals surface area (Å²) in [6, 6.07) is 12.6. The van der Waals surface area contributed by atoms with Gasteiger partial charge in [-0.2, -0.15) is 0 Å². The van der Waals surface area contributed by atoms with Crippen LogP contribution in [0, 0.1) is 6.92 Å². The predicted octanol–water partition coefficient (Wildman–Crippen LogP) is 4.06. The van der Waals surface area contributed by atoms with Gasteiger partial charge in [-0.3, -0.25) is 14.9 Å². The van der Waals surface area contributed by atoms with Crippen molar-refractivity contribution >= 4 is 38.4 Å². The minimum Gasteiger partial charge on any atom is -0.298 e. The van der Waals surface area contributed by atoms with E-state index in [4.69, 9.17) is 0 Å². The molecule has 0 fully saturated rings. The molecule has 1 heterocycles. The molecular weight excluding hydrogens is 296 g/mol. The number of Topliss-reactive ketones (excluding diaryl/α,β-unsaturated/α-hetero) is 1. The Balaban J connectivity index is 1.81. The van der Waals surface area contributed by atoms with Crippen LogP contribution in [0.1, 0.15) is 33.2 Å². The van der Waals surface area contributed by atoms with Crippen LogP contribution in [0.25, 0.3) is 10.2 Å². The number of nitrogens with zero attached hydrogens (tertiary/aromatic N) is 1. The summed E-state index contributed by atoms with van der Waals surface area (Å²) < 4.78 is 1.04. The molecule has 0 spiro atoms. The van der Waals surface area contributed by atoms with Crippen LogP contribution in [-0.2, 0) is 0 Å². The molecule has 22 heavy (non-hydrogen) atoms. The summed E-state index contributed by atoms with van der Waals surface area (Å²) in [4.78, 5) is 27.8. The number of carbonyl (C=O) groups is 2. The van der Waals surface area contributed by atoms with E-state index in [1.807, 2.05) is 25.1 Å². The molecule has 0 unspecified atom stereocenters. The van der Waals surface area contributed by atoms with Crippen LogP contribution in [0.3, 0.4) is 0 Å². The van der Waals surface area contributed by atoms with Crippen molar-refractivity contribution in [3.05, 3.63) is 59.2 Å². The summed E-state index contributed by atoms with van der Waals surface area (Å²) in [5, 5.41) is 3.37. The van der Waals surface area contributed by atoms with Crippen LogP contribution in [0.5, 0.6) is 0 Å². The van der Waals surface area contributed by atoms with Crippen molar-refractivity contribution in [1.29, 1.82) is 0 Å². The molecule has 2 aromatic carbocycles. The summed E-state index contributed by atoms with van der Waals surface area (Å²) in [7, 11) is 0. The van der Waals surface area contributed by atoms with Gasteiger partial charge in [0.05, 0.1) is 10.2 Å². The highest BCUT2D eigenvalue weighted by Crippen LogP contribution is 2.27. The first kappa shape index (κ1) is 14.4. The highest BCUT2D eigenvalue weighted by atomic mass is 32.1. The van der Waals surface area contributed by atoms with Crippen molar-refractivity contribution in [3.8, 4) is 0 Å². The first-order valence-corrected chi connectivity index (χ1v) is 7.64. The van der Waals surface area contributed by atoms with Gasteiger partial charge in [0.2, 0.25) is 0 Å². The summed E-state index contributed by atoms with van der Waals surface area (Å²) >= 11 is 1.45. The van der Waals surface area contributed by atoms with Crippen LogP contribution >= 0.6 is 11.3 Å². The van der Waals surface area contributed by atoms with Gasteiger partial charge in [0.25, 0.3) is 5.91 Å². The van der Waals surface area contributed by atoms with Gasteiger partial charge in [-0.05, 0) is 43.7 Å². The van der Waals surface area contributed by atoms with Crippen molar-refractivity contribution in [2.24, 2.45) is 0 Å². The number of thiazole rings is 1. The number of carbonyl (C=O) groups excluding carboxylic acids is 2. The van der Waals surface area contributed by atoms with E-state index in [-0.39, 0.29) is 11.7 Å². The van der Waals surface area contributed by atoms with E-state index in [2.05, 4.69) is 10.3 Å². The van der Waals surface area contributed by atoms with Crippen LogP contribution in [-0.4, -0.2) is 16.7 Å². The molecule has 0 aliphatic rings. The van der Waals surface area contributed by atoms with E-state index in [0.29, 0.717) is 16.3 Å². The summed E-state index contributed by atoms with van der Waals surface area (Å²) in [6.45, 7) is 3.52. The molecule has 0 atom stereocenters. The molecule has 110 valence electrons. The van der Waals surface area contributed by atoms with E-state index in [1.165, 1.54) is 18.3 Å². The number of benzene rings is 2. The predicted molar refractivity (Wildman–Crippen MR) is 88.8 cm³/mol. The van der Waals surface area contributed by atoms with Gasteiger partial charge in [0, 0.05) is 11.1 Å². The molecule has 0 saturated heterocycles. The number of aromatic nitrogens is 1. The maximum absolute atomic E-state index is 12.2. The molecule has 5 heteroatoms. The maximum Gasteiger partial charge on any atom is 0.257 e. The SMILES string of the molecule is CC(=O)c1ccc(C(=O)Nc2nc3ccc(C)cc3s2)cc1. The zero-order valence-corrected chi connectivity index (χ0v) is 13.0. The lowest BCUT2D eigenvalue weighted by Gasteiger charge is -2.02. The Morgan fingerprint density at radius 2 is 1.73 bits per heavy atom. The van der Waals surface area contributed by atoms with E-state index in [1.54, 1.807) is 24.3 Å². The molecule has 1 amide bonds. The maximum atomic E-state index is 12.2. The first-order valence-electron chi connectivity index (χ1n) is 6.82. The fourth-order valence-electron chi connectivity index (χ4n) is 2.11. The average molecular weight is 310 g/mol. The third-order valence-electron chi connectivity index (χ3n) is 3.32. The number of nitrogens with one attached hydrogen (secondary N) is 1. The number of fused-ring (bicyclic) bond motifs is 1. The second kappa shape index (κ2) is 5.69. The molecule has 3 rings (SSSR count). The summed E-state index contributed by atoms with van der Waals surface area (Å²) in [5.41, 5.74) is 3.12. The molecule has 0 aliphatic carbocycles. The van der Waals surface area contributed by atoms with Crippen LogP contribution in [0.15, 0.2) is 42.5 Å². The van der Waals surface area contributed by atoms with Gasteiger partial charge < -0.3 is 0 Å². The van der Waals surface area contributed by atoms with Gasteiger partial charge in [-0.15, -0.1) is 0 Å². The Morgan fingerprint density at radius 3 is 2.41 bits per heavy atom. The lowest BCUT2D eigenvalue weighted by atomic mass is 10.1. The second-order valence-electron chi connectivity index (χ2n) is 5.08. The standard InChI is InChI=1S/C17H14N2O2S/c1-10-3-8-14-15(9-10)22-17(18-14)19-16(21)13-6-4-12(5-7-13)11(2)20/h3-9H,1-2H3,(H,18,19,21). The van der Waals surface area contributed by atoms with Crippen LogP contribution in [0.2, 0.25) is 0 Å². The van der Waals surface area contributed by atoms with Crippen LogP contribution < -0.4 is 5.32 Å².